The largest absolute Gasteiger partial charge is 0.374 e. The molecule has 0 aliphatic heterocycles. The number of nitrogens with zero attached hydrogens (tertiary/aromatic N) is 1. The monoisotopic (exact) mass is 259 g/mol. The maximum absolute atomic E-state index is 5.82. The zero-order chi connectivity index (χ0) is 13.9. The average molecular weight is 259 g/mol. The van der Waals surface area contributed by atoms with Crippen LogP contribution < -0.4 is 11.3 Å². The molecular formula is C15H21N3O. The molecule has 4 nitrogen and oxygen atoms in total. The Balaban J connectivity index is 2.30. The molecule has 0 amide bonds. The van der Waals surface area contributed by atoms with Gasteiger partial charge in [0.2, 0.25) is 0 Å². The summed E-state index contributed by atoms with van der Waals surface area (Å²) in [5.74, 6) is 5.67. The fraction of sp³-hybridized carbons (Fsp3) is 0.400. The van der Waals surface area contributed by atoms with Crippen LogP contribution in [-0.4, -0.2) is 17.2 Å². The van der Waals surface area contributed by atoms with Gasteiger partial charge in [-0.25, -0.2) is 0 Å². The topological polar surface area (TPSA) is 60.2 Å². The number of aromatic nitrogens is 1. The number of nitrogens with two attached hydrogens (primary N) is 1. The summed E-state index contributed by atoms with van der Waals surface area (Å²) >= 11 is 0. The summed E-state index contributed by atoms with van der Waals surface area (Å²) in [6.07, 6.45) is 3.66. The van der Waals surface area contributed by atoms with Crippen LogP contribution in [0.15, 0.2) is 36.7 Å². The van der Waals surface area contributed by atoms with Crippen LogP contribution in [0, 0.1) is 0 Å². The Hall–Kier alpha value is -1.49. The van der Waals surface area contributed by atoms with Gasteiger partial charge in [0.05, 0.1) is 18.2 Å². The molecule has 1 heterocycles. The lowest BCUT2D eigenvalue weighted by Gasteiger charge is -2.25. The molecule has 2 rings (SSSR count). The van der Waals surface area contributed by atoms with E-state index in [2.05, 4.69) is 22.5 Å². The van der Waals surface area contributed by atoms with E-state index in [0.717, 1.165) is 16.3 Å². The van der Waals surface area contributed by atoms with Gasteiger partial charge in [-0.05, 0) is 37.8 Å². The second-order valence-corrected chi connectivity index (χ2v) is 5.59. The molecule has 19 heavy (non-hydrogen) atoms. The van der Waals surface area contributed by atoms with Gasteiger partial charge in [-0.1, -0.05) is 18.2 Å². The minimum Gasteiger partial charge on any atom is -0.374 e. The molecule has 0 radical (unpaired) electrons. The van der Waals surface area contributed by atoms with Crippen molar-refractivity contribution in [3.8, 4) is 0 Å². The SMILES string of the molecule is CC(C)(C)OCC(NN)c1cccc2ccncc12. The summed E-state index contributed by atoms with van der Waals surface area (Å²) in [5.41, 5.74) is 3.76. The molecule has 4 heteroatoms. The first kappa shape index (κ1) is 13.9. The molecule has 1 unspecified atom stereocenters. The van der Waals surface area contributed by atoms with Crippen LogP contribution in [-0.2, 0) is 4.74 Å². The van der Waals surface area contributed by atoms with Crippen LogP contribution in [0.1, 0.15) is 32.4 Å². The number of benzene rings is 1. The number of hydrogen-bond acceptors (Lipinski definition) is 4. The van der Waals surface area contributed by atoms with Gasteiger partial charge < -0.3 is 4.74 Å². The van der Waals surface area contributed by atoms with Crippen molar-refractivity contribution in [2.45, 2.75) is 32.4 Å². The number of hydrazine groups is 1. The molecule has 2 aromatic rings. The highest BCUT2D eigenvalue weighted by Gasteiger charge is 2.17. The molecule has 1 aromatic carbocycles. The first-order valence-electron chi connectivity index (χ1n) is 6.44. The lowest BCUT2D eigenvalue weighted by Crippen LogP contribution is -2.34. The van der Waals surface area contributed by atoms with Crippen molar-refractivity contribution in [1.29, 1.82) is 0 Å². The molecule has 1 aromatic heterocycles. The van der Waals surface area contributed by atoms with Gasteiger partial charge in [0.25, 0.3) is 0 Å². The van der Waals surface area contributed by atoms with Crippen molar-refractivity contribution < 1.29 is 4.74 Å². The van der Waals surface area contributed by atoms with Crippen molar-refractivity contribution >= 4 is 10.8 Å². The molecule has 0 bridgehead atoms. The van der Waals surface area contributed by atoms with E-state index >= 15 is 0 Å². The zero-order valence-electron chi connectivity index (χ0n) is 11.7. The highest BCUT2D eigenvalue weighted by Crippen LogP contribution is 2.24. The van der Waals surface area contributed by atoms with E-state index in [9.17, 15) is 0 Å². The molecule has 0 aliphatic rings. The van der Waals surface area contributed by atoms with Crippen LogP contribution in [0.2, 0.25) is 0 Å². The molecule has 0 spiro atoms. The van der Waals surface area contributed by atoms with Crippen molar-refractivity contribution in [3.63, 3.8) is 0 Å². The van der Waals surface area contributed by atoms with Crippen molar-refractivity contribution in [2.24, 2.45) is 5.84 Å². The van der Waals surface area contributed by atoms with Crippen molar-refractivity contribution in [2.75, 3.05) is 6.61 Å². The van der Waals surface area contributed by atoms with Gasteiger partial charge in [0.15, 0.2) is 0 Å². The first-order chi connectivity index (χ1) is 9.01. The zero-order valence-corrected chi connectivity index (χ0v) is 11.7. The Labute approximate surface area is 113 Å². The number of hydrogen-bond donors (Lipinski definition) is 2. The van der Waals surface area contributed by atoms with Crippen LogP contribution in [0.4, 0.5) is 0 Å². The maximum Gasteiger partial charge on any atom is 0.0700 e. The molecule has 0 fully saturated rings. The van der Waals surface area contributed by atoms with Gasteiger partial charge in [0.1, 0.15) is 0 Å². The fourth-order valence-corrected chi connectivity index (χ4v) is 2.00. The van der Waals surface area contributed by atoms with Gasteiger partial charge in [-0.2, -0.15) is 0 Å². The Kier molecular flexibility index (Phi) is 4.14. The highest BCUT2D eigenvalue weighted by molar-refractivity contribution is 5.85. The van der Waals surface area contributed by atoms with E-state index in [-0.39, 0.29) is 11.6 Å². The van der Waals surface area contributed by atoms with Crippen molar-refractivity contribution in [3.05, 3.63) is 42.2 Å². The Morgan fingerprint density at radius 1 is 1.32 bits per heavy atom. The number of fused-ring (bicyclic) bond motifs is 1. The van der Waals surface area contributed by atoms with Crippen LogP contribution >= 0.6 is 0 Å². The van der Waals surface area contributed by atoms with Gasteiger partial charge in [-0.15, -0.1) is 0 Å². The molecule has 0 saturated heterocycles. The Morgan fingerprint density at radius 2 is 2.11 bits per heavy atom. The molecule has 102 valence electrons. The smallest absolute Gasteiger partial charge is 0.0700 e. The lowest BCUT2D eigenvalue weighted by atomic mass is 10.0. The van der Waals surface area contributed by atoms with Crippen LogP contribution in [0.5, 0.6) is 0 Å². The van der Waals surface area contributed by atoms with Gasteiger partial charge in [0, 0.05) is 17.8 Å². The summed E-state index contributed by atoms with van der Waals surface area (Å²) < 4.78 is 5.82. The second-order valence-electron chi connectivity index (χ2n) is 5.59. The number of pyridine rings is 1. The standard InChI is InChI=1S/C15H21N3O/c1-15(2,3)19-10-14(18-16)12-6-4-5-11-7-8-17-9-13(11)12/h4-9,14,18H,10,16H2,1-3H3. The Bertz CT molecular complexity index is 543. The fourth-order valence-electron chi connectivity index (χ4n) is 2.00. The third-order valence-electron chi connectivity index (χ3n) is 2.98. The lowest BCUT2D eigenvalue weighted by molar-refractivity contribution is -0.0146. The number of nitrogens with one attached hydrogen (secondary N) is 1. The summed E-state index contributed by atoms with van der Waals surface area (Å²) in [6.45, 7) is 6.62. The second kappa shape index (κ2) is 5.65. The predicted molar refractivity (Wildman–Crippen MR) is 77.5 cm³/mol. The van der Waals surface area contributed by atoms with E-state index < -0.39 is 0 Å². The van der Waals surface area contributed by atoms with Gasteiger partial charge >= 0.3 is 0 Å². The summed E-state index contributed by atoms with van der Waals surface area (Å²) in [4.78, 5) is 4.19. The average Bonchev–Trinajstić information content (AvgIpc) is 2.38. The van der Waals surface area contributed by atoms with E-state index in [1.165, 1.54) is 0 Å². The summed E-state index contributed by atoms with van der Waals surface area (Å²) in [5, 5.41) is 2.26. The van der Waals surface area contributed by atoms with E-state index in [1.54, 1.807) is 6.20 Å². The molecule has 1 atom stereocenters. The maximum atomic E-state index is 5.82. The molecule has 0 saturated carbocycles. The van der Waals surface area contributed by atoms with Crippen molar-refractivity contribution in [1.82, 2.24) is 10.4 Å². The van der Waals surface area contributed by atoms with Crippen LogP contribution in [0.3, 0.4) is 0 Å². The third kappa shape index (κ3) is 3.50. The normalized spacial score (nSPS) is 13.7. The number of rotatable bonds is 4. The molecule has 0 aliphatic carbocycles. The molecule has 3 N–H and O–H groups in total. The quantitative estimate of drug-likeness (QED) is 0.654. The van der Waals surface area contributed by atoms with Crippen LogP contribution in [0.25, 0.3) is 10.8 Å². The highest BCUT2D eigenvalue weighted by atomic mass is 16.5. The third-order valence-corrected chi connectivity index (χ3v) is 2.98. The predicted octanol–water partition coefficient (Wildman–Crippen LogP) is 2.55. The van der Waals surface area contributed by atoms with E-state index in [0.29, 0.717) is 6.61 Å². The summed E-state index contributed by atoms with van der Waals surface area (Å²) in [6, 6.07) is 8.10. The summed E-state index contributed by atoms with van der Waals surface area (Å²) in [7, 11) is 0. The minimum absolute atomic E-state index is 0.0490. The Morgan fingerprint density at radius 3 is 2.79 bits per heavy atom. The first-order valence-corrected chi connectivity index (χ1v) is 6.44. The number of ether oxygens (including phenoxy) is 1. The van der Waals surface area contributed by atoms with Gasteiger partial charge in [-0.3, -0.25) is 16.3 Å². The molecular weight excluding hydrogens is 238 g/mol. The minimum atomic E-state index is -0.183. The van der Waals surface area contributed by atoms with E-state index in [1.807, 2.05) is 39.1 Å². The van der Waals surface area contributed by atoms with E-state index in [4.69, 9.17) is 10.6 Å².